The zero-order chi connectivity index (χ0) is 12.1. The smallest absolute Gasteiger partial charge is 0.119 e. The summed E-state index contributed by atoms with van der Waals surface area (Å²) >= 11 is 0. The lowest BCUT2D eigenvalue weighted by Crippen LogP contribution is -2.33. The lowest BCUT2D eigenvalue weighted by atomic mass is 9.94. The molecule has 0 radical (unpaired) electrons. The van der Waals surface area contributed by atoms with Gasteiger partial charge < -0.3 is 15.6 Å². The molecule has 3 nitrogen and oxygen atoms in total. The second kappa shape index (κ2) is 5.87. The maximum Gasteiger partial charge on any atom is 0.119 e. The molecule has 1 aromatic carbocycles. The van der Waals surface area contributed by atoms with Crippen LogP contribution >= 0.6 is 0 Å². The SMILES string of the molecule is CCOc1cccc(C(O)C(N)C(C)C)c1. The van der Waals surface area contributed by atoms with Crippen molar-refractivity contribution in [2.24, 2.45) is 11.7 Å². The van der Waals surface area contributed by atoms with Crippen LogP contribution in [-0.4, -0.2) is 17.8 Å². The minimum Gasteiger partial charge on any atom is -0.494 e. The molecule has 0 heterocycles. The van der Waals surface area contributed by atoms with E-state index in [1.165, 1.54) is 0 Å². The Bertz CT molecular complexity index is 325. The molecule has 0 fully saturated rings. The van der Waals surface area contributed by atoms with Crippen LogP contribution in [0.25, 0.3) is 0 Å². The summed E-state index contributed by atoms with van der Waals surface area (Å²) in [6.45, 7) is 6.55. The summed E-state index contributed by atoms with van der Waals surface area (Å²) in [5, 5.41) is 10.1. The monoisotopic (exact) mass is 223 g/mol. The van der Waals surface area contributed by atoms with Crippen LogP contribution in [0.5, 0.6) is 5.75 Å². The Labute approximate surface area is 97.2 Å². The average Bonchev–Trinajstić information content (AvgIpc) is 2.28. The van der Waals surface area contributed by atoms with Gasteiger partial charge in [0.15, 0.2) is 0 Å². The van der Waals surface area contributed by atoms with Crippen LogP contribution < -0.4 is 10.5 Å². The number of aliphatic hydroxyl groups excluding tert-OH is 1. The molecule has 0 aliphatic carbocycles. The molecule has 0 saturated carbocycles. The number of ether oxygens (including phenoxy) is 1. The van der Waals surface area contributed by atoms with Gasteiger partial charge in [0.25, 0.3) is 0 Å². The Kier molecular flexibility index (Phi) is 4.77. The molecule has 0 amide bonds. The molecule has 1 rings (SSSR count). The fraction of sp³-hybridized carbons (Fsp3) is 0.538. The standard InChI is InChI=1S/C13H21NO2/c1-4-16-11-7-5-6-10(8-11)13(15)12(14)9(2)3/h5-9,12-13,15H,4,14H2,1-3H3. The largest absolute Gasteiger partial charge is 0.494 e. The van der Waals surface area contributed by atoms with Crippen LogP contribution in [0, 0.1) is 5.92 Å². The van der Waals surface area contributed by atoms with Crippen LogP contribution in [0.15, 0.2) is 24.3 Å². The van der Waals surface area contributed by atoms with Crippen LogP contribution in [0.1, 0.15) is 32.4 Å². The van der Waals surface area contributed by atoms with E-state index in [-0.39, 0.29) is 12.0 Å². The Morgan fingerprint density at radius 2 is 2.06 bits per heavy atom. The van der Waals surface area contributed by atoms with E-state index in [1.807, 2.05) is 45.0 Å². The van der Waals surface area contributed by atoms with Crippen molar-refractivity contribution in [3.8, 4) is 5.75 Å². The minimum atomic E-state index is -0.639. The Morgan fingerprint density at radius 1 is 1.38 bits per heavy atom. The number of hydrogen-bond donors (Lipinski definition) is 2. The van der Waals surface area contributed by atoms with Crippen molar-refractivity contribution in [2.45, 2.75) is 32.9 Å². The van der Waals surface area contributed by atoms with E-state index in [2.05, 4.69) is 0 Å². The summed E-state index contributed by atoms with van der Waals surface area (Å²) in [7, 11) is 0. The zero-order valence-electron chi connectivity index (χ0n) is 10.2. The van der Waals surface area contributed by atoms with Gasteiger partial charge >= 0.3 is 0 Å². The Balaban J connectivity index is 2.82. The van der Waals surface area contributed by atoms with E-state index in [0.29, 0.717) is 6.61 Å². The first kappa shape index (κ1) is 13.0. The molecular weight excluding hydrogens is 202 g/mol. The van der Waals surface area contributed by atoms with Crippen molar-refractivity contribution in [3.05, 3.63) is 29.8 Å². The van der Waals surface area contributed by atoms with E-state index in [4.69, 9.17) is 10.5 Å². The number of rotatable bonds is 5. The van der Waals surface area contributed by atoms with Gasteiger partial charge in [-0.1, -0.05) is 26.0 Å². The molecule has 0 aliphatic heterocycles. The predicted octanol–water partition coefficient (Wildman–Crippen LogP) is 2.10. The highest BCUT2D eigenvalue weighted by Gasteiger charge is 2.20. The molecule has 2 atom stereocenters. The van der Waals surface area contributed by atoms with E-state index in [9.17, 15) is 5.11 Å². The van der Waals surface area contributed by atoms with Crippen LogP contribution in [0.3, 0.4) is 0 Å². The Hall–Kier alpha value is -1.06. The number of hydrogen-bond acceptors (Lipinski definition) is 3. The minimum absolute atomic E-state index is 0.241. The number of benzene rings is 1. The second-order valence-corrected chi connectivity index (χ2v) is 4.27. The first-order valence-electron chi connectivity index (χ1n) is 5.72. The summed E-state index contributed by atoms with van der Waals surface area (Å²) in [5.41, 5.74) is 6.74. The van der Waals surface area contributed by atoms with Gasteiger partial charge in [0.2, 0.25) is 0 Å². The van der Waals surface area contributed by atoms with E-state index < -0.39 is 6.10 Å². The molecule has 90 valence electrons. The zero-order valence-corrected chi connectivity index (χ0v) is 10.2. The highest BCUT2D eigenvalue weighted by atomic mass is 16.5. The van der Waals surface area contributed by atoms with Gasteiger partial charge in [0.1, 0.15) is 5.75 Å². The highest BCUT2D eigenvalue weighted by molar-refractivity contribution is 5.30. The van der Waals surface area contributed by atoms with Gasteiger partial charge in [-0.05, 0) is 30.5 Å². The number of aliphatic hydroxyl groups is 1. The van der Waals surface area contributed by atoms with Crippen LogP contribution in [-0.2, 0) is 0 Å². The van der Waals surface area contributed by atoms with Crippen molar-refractivity contribution < 1.29 is 9.84 Å². The van der Waals surface area contributed by atoms with Crippen molar-refractivity contribution in [1.29, 1.82) is 0 Å². The summed E-state index contributed by atoms with van der Waals surface area (Å²) in [6, 6.07) is 7.21. The molecule has 0 aromatic heterocycles. The second-order valence-electron chi connectivity index (χ2n) is 4.27. The lowest BCUT2D eigenvalue weighted by molar-refractivity contribution is 0.125. The summed E-state index contributed by atoms with van der Waals surface area (Å²) in [6.07, 6.45) is -0.639. The predicted molar refractivity (Wildman–Crippen MR) is 65.4 cm³/mol. The van der Waals surface area contributed by atoms with Crippen molar-refractivity contribution in [2.75, 3.05) is 6.61 Å². The molecule has 2 unspecified atom stereocenters. The third-order valence-corrected chi connectivity index (χ3v) is 2.65. The molecule has 0 bridgehead atoms. The molecule has 0 saturated heterocycles. The van der Waals surface area contributed by atoms with Crippen molar-refractivity contribution in [3.63, 3.8) is 0 Å². The topological polar surface area (TPSA) is 55.5 Å². The average molecular weight is 223 g/mol. The molecule has 0 spiro atoms. The van der Waals surface area contributed by atoms with Gasteiger partial charge in [-0.3, -0.25) is 0 Å². The fourth-order valence-electron chi connectivity index (χ4n) is 1.54. The molecule has 16 heavy (non-hydrogen) atoms. The molecule has 3 heteroatoms. The van der Waals surface area contributed by atoms with Crippen LogP contribution in [0.2, 0.25) is 0 Å². The van der Waals surface area contributed by atoms with Gasteiger partial charge in [0.05, 0.1) is 12.7 Å². The quantitative estimate of drug-likeness (QED) is 0.803. The van der Waals surface area contributed by atoms with E-state index >= 15 is 0 Å². The Morgan fingerprint density at radius 3 is 2.62 bits per heavy atom. The normalized spacial score (nSPS) is 14.9. The van der Waals surface area contributed by atoms with E-state index in [1.54, 1.807) is 0 Å². The summed E-state index contributed by atoms with van der Waals surface area (Å²) < 4.78 is 5.38. The fourth-order valence-corrected chi connectivity index (χ4v) is 1.54. The van der Waals surface area contributed by atoms with Gasteiger partial charge in [-0.15, -0.1) is 0 Å². The molecule has 0 aliphatic rings. The molecular formula is C13H21NO2. The van der Waals surface area contributed by atoms with Crippen molar-refractivity contribution in [1.82, 2.24) is 0 Å². The molecule has 3 N–H and O–H groups in total. The van der Waals surface area contributed by atoms with E-state index in [0.717, 1.165) is 11.3 Å². The number of nitrogens with two attached hydrogens (primary N) is 1. The van der Waals surface area contributed by atoms with Gasteiger partial charge in [0, 0.05) is 6.04 Å². The third kappa shape index (κ3) is 3.22. The summed E-state index contributed by atoms with van der Waals surface area (Å²) in [5.74, 6) is 1.01. The maximum atomic E-state index is 10.1. The molecule has 1 aromatic rings. The highest BCUT2D eigenvalue weighted by Crippen LogP contribution is 2.23. The van der Waals surface area contributed by atoms with Crippen LogP contribution in [0.4, 0.5) is 0 Å². The van der Waals surface area contributed by atoms with Gasteiger partial charge in [-0.2, -0.15) is 0 Å². The van der Waals surface area contributed by atoms with Crippen molar-refractivity contribution >= 4 is 0 Å². The summed E-state index contributed by atoms with van der Waals surface area (Å²) in [4.78, 5) is 0. The van der Waals surface area contributed by atoms with Gasteiger partial charge in [-0.25, -0.2) is 0 Å². The maximum absolute atomic E-state index is 10.1. The first-order chi connectivity index (χ1) is 7.56. The lowest BCUT2D eigenvalue weighted by Gasteiger charge is -2.22. The first-order valence-corrected chi connectivity index (χ1v) is 5.72. The third-order valence-electron chi connectivity index (χ3n) is 2.65.